The molecular weight excluding hydrogens is 877 g/mol. The minimum absolute atomic E-state index is 0.155. The van der Waals surface area contributed by atoms with Gasteiger partial charge in [0.15, 0.2) is 18.7 Å². The average Bonchev–Trinajstić information content (AvgIpc) is 3.33. The third kappa shape index (κ3) is 27.9. The molecule has 0 aromatic heterocycles. The Morgan fingerprint density at radius 2 is 0.882 bits per heavy atom. The maximum absolute atomic E-state index is 13.0. The van der Waals surface area contributed by atoms with Gasteiger partial charge in [-0.2, -0.15) is 0 Å². The number of carbonyl (C=O) groups excluding carboxylic acids is 2. The summed E-state index contributed by atoms with van der Waals surface area (Å²) in [4.78, 5) is 25.8. The molecule has 0 bridgehead atoms. The molecular formula is C53H94O15. The fourth-order valence-electron chi connectivity index (χ4n) is 8.18. The van der Waals surface area contributed by atoms with E-state index in [4.69, 9.17) is 28.4 Å². The normalized spacial score (nSPS) is 26.0. The molecule has 0 spiro atoms. The molecule has 7 N–H and O–H groups in total. The topological polar surface area (TPSA) is 231 Å². The summed E-state index contributed by atoms with van der Waals surface area (Å²) >= 11 is 0. The van der Waals surface area contributed by atoms with Gasteiger partial charge in [0.2, 0.25) is 0 Å². The van der Waals surface area contributed by atoms with Crippen LogP contribution in [-0.2, 0) is 38.0 Å². The highest BCUT2D eigenvalue weighted by Gasteiger charge is 2.47. The number of esters is 2. The fraction of sp³-hybridized carbons (Fsp3) is 0.849. The van der Waals surface area contributed by atoms with Crippen LogP contribution in [0.2, 0.25) is 0 Å². The smallest absolute Gasteiger partial charge is 0.306 e. The third-order valence-corrected chi connectivity index (χ3v) is 12.6. The Kier molecular flexibility index (Phi) is 36.7. The molecule has 11 atom stereocenters. The van der Waals surface area contributed by atoms with Crippen molar-refractivity contribution in [2.45, 2.75) is 261 Å². The molecule has 2 aliphatic heterocycles. The summed E-state index contributed by atoms with van der Waals surface area (Å²) < 4.78 is 33.6. The van der Waals surface area contributed by atoms with Crippen molar-refractivity contribution in [1.29, 1.82) is 0 Å². The molecule has 2 fully saturated rings. The van der Waals surface area contributed by atoms with Gasteiger partial charge in [0.1, 0.15) is 55.4 Å². The second kappa shape index (κ2) is 40.3. The molecule has 0 amide bonds. The van der Waals surface area contributed by atoms with Crippen LogP contribution >= 0.6 is 0 Å². The van der Waals surface area contributed by atoms with E-state index in [1.807, 2.05) is 0 Å². The molecule has 15 heteroatoms. The van der Waals surface area contributed by atoms with Gasteiger partial charge in [0, 0.05) is 12.8 Å². The molecule has 2 aliphatic rings. The predicted octanol–water partition coefficient (Wildman–Crippen LogP) is 7.71. The van der Waals surface area contributed by atoms with E-state index in [-0.39, 0.29) is 26.1 Å². The standard InChI is InChI=1S/C53H94O15/c1-3-5-7-9-11-13-15-17-19-20-22-24-26-28-30-32-34-36-45(56)66-41(38-63-44(55)35-33-31-29-27-25-23-21-18-16-14-12-10-8-6-4-2)39-64-52-51(62)49(60)47(58)43(68-52)40-65-53-50(61)48(59)46(57)42(37-54)67-53/h11,13,17-19,21,41-43,46-54,57-62H,3-10,12,14-16,20,22-40H2,1-2H3/b13-11+,19-17+,21-18+/t41-,42+,43+,46-,47-,48?,49?,50?,51?,52+,53+/m1/s1. The molecule has 68 heavy (non-hydrogen) atoms. The first-order valence-corrected chi connectivity index (χ1v) is 26.6. The van der Waals surface area contributed by atoms with Crippen molar-refractivity contribution in [3.8, 4) is 0 Å². The van der Waals surface area contributed by atoms with Gasteiger partial charge in [-0.05, 0) is 70.6 Å². The van der Waals surface area contributed by atoms with Crippen molar-refractivity contribution in [3.63, 3.8) is 0 Å². The number of allylic oxidation sites excluding steroid dienone is 6. The van der Waals surface area contributed by atoms with E-state index in [9.17, 15) is 45.3 Å². The minimum atomic E-state index is -1.77. The van der Waals surface area contributed by atoms with Gasteiger partial charge < -0.3 is 64.2 Å². The van der Waals surface area contributed by atoms with Crippen LogP contribution in [0, 0.1) is 0 Å². The summed E-state index contributed by atoms with van der Waals surface area (Å²) in [5, 5.41) is 72.1. The Morgan fingerprint density at radius 3 is 1.41 bits per heavy atom. The van der Waals surface area contributed by atoms with Crippen molar-refractivity contribution in [2.75, 3.05) is 26.4 Å². The van der Waals surface area contributed by atoms with Crippen molar-refractivity contribution < 1.29 is 73.8 Å². The summed E-state index contributed by atoms with van der Waals surface area (Å²) in [6.45, 7) is 2.55. The van der Waals surface area contributed by atoms with Crippen LogP contribution in [0.4, 0.5) is 0 Å². The zero-order chi connectivity index (χ0) is 49.6. The van der Waals surface area contributed by atoms with E-state index in [2.05, 4.69) is 50.3 Å². The zero-order valence-corrected chi connectivity index (χ0v) is 41.8. The summed E-state index contributed by atoms with van der Waals surface area (Å²) in [5.74, 6) is -0.941. The maximum atomic E-state index is 13.0. The molecule has 0 aromatic carbocycles. The highest BCUT2D eigenvalue weighted by atomic mass is 16.7. The Morgan fingerprint density at radius 1 is 0.471 bits per heavy atom. The first kappa shape index (κ1) is 61.8. The van der Waals surface area contributed by atoms with Crippen LogP contribution in [0.25, 0.3) is 0 Å². The number of unbranched alkanes of at least 4 members (excludes halogenated alkanes) is 21. The molecule has 0 aromatic rings. The van der Waals surface area contributed by atoms with Gasteiger partial charge in [-0.3, -0.25) is 9.59 Å². The van der Waals surface area contributed by atoms with E-state index < -0.39 is 92.7 Å². The molecule has 4 unspecified atom stereocenters. The van der Waals surface area contributed by atoms with Crippen molar-refractivity contribution in [3.05, 3.63) is 36.5 Å². The van der Waals surface area contributed by atoms with Gasteiger partial charge in [0.25, 0.3) is 0 Å². The fourth-order valence-corrected chi connectivity index (χ4v) is 8.18. The lowest BCUT2D eigenvalue weighted by Crippen LogP contribution is -2.61. The van der Waals surface area contributed by atoms with Gasteiger partial charge in [0.05, 0.1) is 19.8 Å². The van der Waals surface area contributed by atoms with Gasteiger partial charge in [-0.15, -0.1) is 0 Å². The SMILES string of the molecule is CCCCC/C=C/C/C=C/CCCCCCCCCC(=O)O[C@H](COC(=O)CCCCCCC/C=C/CCCCCCCC)CO[C@H]1O[C@@H](CO[C@H]2O[C@@H](CO)[C@@H](O)C(O)C2O)[C@@H](O)C(O)C1O. The number of aliphatic hydroxyl groups excluding tert-OH is 7. The largest absolute Gasteiger partial charge is 0.462 e. The number of rotatable bonds is 41. The van der Waals surface area contributed by atoms with Crippen LogP contribution in [0.3, 0.4) is 0 Å². The third-order valence-electron chi connectivity index (χ3n) is 12.6. The Hall–Kier alpha value is -2.28. The lowest BCUT2D eigenvalue weighted by molar-refractivity contribution is -0.332. The summed E-state index contributed by atoms with van der Waals surface area (Å²) in [6.07, 6.45) is 25.9. The first-order valence-electron chi connectivity index (χ1n) is 26.6. The monoisotopic (exact) mass is 971 g/mol. The molecule has 0 saturated carbocycles. The maximum Gasteiger partial charge on any atom is 0.306 e. The second-order valence-electron chi connectivity index (χ2n) is 18.7. The van der Waals surface area contributed by atoms with Crippen LogP contribution in [-0.4, -0.2) is 142 Å². The Bertz CT molecular complexity index is 1330. The Balaban J connectivity index is 1.81. The summed E-state index contributed by atoms with van der Waals surface area (Å²) in [7, 11) is 0. The quantitative estimate of drug-likeness (QED) is 0.0177. The molecule has 396 valence electrons. The van der Waals surface area contributed by atoms with Crippen molar-refractivity contribution >= 4 is 11.9 Å². The van der Waals surface area contributed by atoms with E-state index >= 15 is 0 Å². The van der Waals surface area contributed by atoms with E-state index in [1.54, 1.807) is 0 Å². The van der Waals surface area contributed by atoms with Crippen LogP contribution in [0.1, 0.15) is 194 Å². The first-order chi connectivity index (χ1) is 33.0. The summed E-state index contributed by atoms with van der Waals surface area (Å²) in [6, 6.07) is 0. The summed E-state index contributed by atoms with van der Waals surface area (Å²) in [5.41, 5.74) is 0. The highest BCUT2D eigenvalue weighted by molar-refractivity contribution is 5.70. The van der Waals surface area contributed by atoms with Crippen molar-refractivity contribution in [2.24, 2.45) is 0 Å². The number of ether oxygens (including phenoxy) is 6. The molecule has 2 heterocycles. The van der Waals surface area contributed by atoms with Gasteiger partial charge in [-0.25, -0.2) is 0 Å². The van der Waals surface area contributed by atoms with Gasteiger partial charge >= 0.3 is 11.9 Å². The predicted molar refractivity (Wildman–Crippen MR) is 261 cm³/mol. The lowest BCUT2D eigenvalue weighted by atomic mass is 9.98. The lowest BCUT2D eigenvalue weighted by Gasteiger charge is -2.42. The molecule has 2 saturated heterocycles. The second-order valence-corrected chi connectivity index (χ2v) is 18.7. The number of carbonyl (C=O) groups is 2. The minimum Gasteiger partial charge on any atom is -0.462 e. The molecule has 0 radical (unpaired) electrons. The van der Waals surface area contributed by atoms with Crippen LogP contribution in [0.5, 0.6) is 0 Å². The zero-order valence-electron chi connectivity index (χ0n) is 41.8. The van der Waals surface area contributed by atoms with Crippen LogP contribution < -0.4 is 0 Å². The van der Waals surface area contributed by atoms with Gasteiger partial charge in [-0.1, -0.05) is 147 Å². The number of aliphatic hydroxyl groups is 7. The highest BCUT2D eigenvalue weighted by Crippen LogP contribution is 2.26. The van der Waals surface area contributed by atoms with E-state index in [0.29, 0.717) is 12.8 Å². The van der Waals surface area contributed by atoms with E-state index in [1.165, 1.54) is 57.8 Å². The number of hydrogen-bond donors (Lipinski definition) is 7. The van der Waals surface area contributed by atoms with E-state index in [0.717, 1.165) is 96.3 Å². The van der Waals surface area contributed by atoms with Crippen LogP contribution in [0.15, 0.2) is 36.5 Å². The number of hydrogen-bond acceptors (Lipinski definition) is 15. The molecule has 0 aliphatic carbocycles. The molecule has 2 rings (SSSR count). The Labute approximate surface area is 408 Å². The molecule has 15 nitrogen and oxygen atoms in total. The average molecular weight is 971 g/mol. The van der Waals surface area contributed by atoms with Crippen molar-refractivity contribution in [1.82, 2.24) is 0 Å².